The predicted molar refractivity (Wildman–Crippen MR) is 75.4 cm³/mol. The Hall–Kier alpha value is -1.02. The second-order valence-corrected chi connectivity index (χ2v) is 6.35. The Balaban J connectivity index is 2.78. The van der Waals surface area contributed by atoms with Crippen LogP contribution >= 0.6 is 0 Å². The summed E-state index contributed by atoms with van der Waals surface area (Å²) in [7, 11) is -2.13. The molecule has 0 saturated heterocycles. The van der Waals surface area contributed by atoms with Gasteiger partial charge >= 0.3 is 0 Å². The lowest BCUT2D eigenvalue weighted by molar-refractivity contribution is 0.0834. The van der Waals surface area contributed by atoms with Crippen molar-refractivity contribution in [1.82, 2.24) is 10.0 Å². The highest BCUT2D eigenvalue weighted by atomic mass is 32.2. The van der Waals surface area contributed by atoms with E-state index in [1.807, 2.05) is 13.8 Å². The molecule has 0 heterocycles. The average molecular weight is 304 g/mol. The molecule has 5 nitrogen and oxygen atoms in total. The Bertz CT molecular complexity index is 532. The van der Waals surface area contributed by atoms with E-state index in [1.54, 1.807) is 13.1 Å². The summed E-state index contributed by atoms with van der Waals surface area (Å²) < 4.78 is 45.3. The van der Waals surface area contributed by atoms with Crippen LogP contribution in [-0.2, 0) is 21.3 Å². The molecular formula is C13H21FN2O3S. The van der Waals surface area contributed by atoms with Crippen LogP contribution in [0.4, 0.5) is 4.39 Å². The minimum Gasteiger partial charge on any atom is -0.377 e. The van der Waals surface area contributed by atoms with E-state index in [0.717, 1.165) is 6.07 Å². The fraction of sp³-hybridized carbons (Fsp3) is 0.538. The second kappa shape index (κ2) is 7.68. The molecule has 2 N–H and O–H groups in total. The molecule has 0 unspecified atom stereocenters. The summed E-state index contributed by atoms with van der Waals surface area (Å²) >= 11 is 0. The van der Waals surface area contributed by atoms with Gasteiger partial charge in [-0.05, 0) is 38.6 Å². The molecule has 20 heavy (non-hydrogen) atoms. The highest BCUT2D eigenvalue weighted by Crippen LogP contribution is 2.16. The lowest BCUT2D eigenvalue weighted by atomic mass is 10.2. The summed E-state index contributed by atoms with van der Waals surface area (Å²) in [5.74, 6) is -0.762. The van der Waals surface area contributed by atoms with Crippen molar-refractivity contribution in [3.05, 3.63) is 29.6 Å². The van der Waals surface area contributed by atoms with Crippen LogP contribution in [0.5, 0.6) is 0 Å². The number of hydrogen-bond acceptors (Lipinski definition) is 4. The predicted octanol–water partition coefficient (Wildman–Crippen LogP) is 1.25. The lowest BCUT2D eigenvalue weighted by Crippen LogP contribution is -2.29. The minimum absolute atomic E-state index is 0.0233. The SMILES string of the molecule is CNCc1ccc(F)c(S(=O)(=O)NCCOC(C)C)c1. The molecule has 0 aliphatic heterocycles. The van der Waals surface area contributed by atoms with Crippen molar-refractivity contribution < 1.29 is 17.5 Å². The molecule has 0 aromatic heterocycles. The van der Waals surface area contributed by atoms with Crippen LogP contribution in [0.25, 0.3) is 0 Å². The van der Waals surface area contributed by atoms with E-state index in [2.05, 4.69) is 10.0 Å². The molecule has 0 radical (unpaired) electrons. The van der Waals surface area contributed by atoms with Gasteiger partial charge in [0.25, 0.3) is 0 Å². The Morgan fingerprint density at radius 3 is 2.65 bits per heavy atom. The highest BCUT2D eigenvalue weighted by molar-refractivity contribution is 7.89. The third-order valence-electron chi connectivity index (χ3n) is 2.51. The number of rotatable bonds is 8. The first-order chi connectivity index (χ1) is 9.36. The van der Waals surface area contributed by atoms with Gasteiger partial charge in [0, 0.05) is 13.1 Å². The van der Waals surface area contributed by atoms with Gasteiger partial charge in [0.05, 0.1) is 12.7 Å². The lowest BCUT2D eigenvalue weighted by Gasteiger charge is -2.11. The summed E-state index contributed by atoms with van der Waals surface area (Å²) in [5, 5.41) is 2.89. The fourth-order valence-corrected chi connectivity index (χ4v) is 2.76. The molecule has 0 aliphatic rings. The Kier molecular flexibility index (Phi) is 6.54. The molecule has 0 bridgehead atoms. The van der Waals surface area contributed by atoms with Crippen LogP contribution in [-0.4, -0.2) is 34.7 Å². The van der Waals surface area contributed by atoms with Crippen molar-refractivity contribution in [3.8, 4) is 0 Å². The topological polar surface area (TPSA) is 67.4 Å². The smallest absolute Gasteiger partial charge is 0.243 e. The van der Waals surface area contributed by atoms with Crippen molar-refractivity contribution in [2.45, 2.75) is 31.4 Å². The van der Waals surface area contributed by atoms with Gasteiger partial charge in [-0.1, -0.05) is 6.07 Å². The molecule has 0 saturated carbocycles. The molecule has 1 aromatic carbocycles. The minimum atomic E-state index is -3.86. The monoisotopic (exact) mass is 304 g/mol. The number of sulfonamides is 1. The third kappa shape index (κ3) is 5.16. The van der Waals surface area contributed by atoms with Crippen LogP contribution in [0.15, 0.2) is 23.1 Å². The Labute approximate surface area is 119 Å². The van der Waals surface area contributed by atoms with Crippen LogP contribution in [0.3, 0.4) is 0 Å². The summed E-state index contributed by atoms with van der Waals surface area (Å²) in [6, 6.07) is 4.04. The van der Waals surface area contributed by atoms with Gasteiger partial charge in [-0.25, -0.2) is 17.5 Å². The van der Waals surface area contributed by atoms with Crippen LogP contribution < -0.4 is 10.0 Å². The summed E-state index contributed by atoms with van der Waals surface area (Å²) in [6.07, 6.45) is 0.0233. The molecule has 0 spiro atoms. The molecule has 0 fully saturated rings. The normalized spacial score (nSPS) is 12.1. The van der Waals surface area contributed by atoms with Gasteiger partial charge in [0.15, 0.2) is 0 Å². The van der Waals surface area contributed by atoms with Gasteiger partial charge in [0.2, 0.25) is 10.0 Å². The van der Waals surface area contributed by atoms with Crippen LogP contribution in [0.1, 0.15) is 19.4 Å². The molecular weight excluding hydrogens is 283 g/mol. The van der Waals surface area contributed by atoms with E-state index in [4.69, 9.17) is 4.74 Å². The first-order valence-corrected chi connectivity index (χ1v) is 7.89. The molecule has 0 atom stereocenters. The number of ether oxygens (including phenoxy) is 1. The Morgan fingerprint density at radius 1 is 1.35 bits per heavy atom. The maximum Gasteiger partial charge on any atom is 0.243 e. The quantitative estimate of drug-likeness (QED) is 0.709. The van der Waals surface area contributed by atoms with E-state index < -0.39 is 15.8 Å². The van der Waals surface area contributed by atoms with Crippen molar-refractivity contribution in [1.29, 1.82) is 0 Å². The summed E-state index contributed by atoms with van der Waals surface area (Å²) in [5.41, 5.74) is 0.702. The molecule has 114 valence electrons. The first-order valence-electron chi connectivity index (χ1n) is 6.41. The number of benzene rings is 1. The van der Waals surface area contributed by atoms with E-state index in [1.165, 1.54) is 6.07 Å². The van der Waals surface area contributed by atoms with Gasteiger partial charge in [-0.3, -0.25) is 0 Å². The van der Waals surface area contributed by atoms with Gasteiger partial charge in [-0.15, -0.1) is 0 Å². The van der Waals surface area contributed by atoms with E-state index in [9.17, 15) is 12.8 Å². The van der Waals surface area contributed by atoms with Crippen molar-refractivity contribution >= 4 is 10.0 Å². The highest BCUT2D eigenvalue weighted by Gasteiger charge is 2.19. The first kappa shape index (κ1) is 17.0. The van der Waals surface area contributed by atoms with Gasteiger partial charge < -0.3 is 10.1 Å². The molecule has 1 rings (SSSR count). The third-order valence-corrected chi connectivity index (χ3v) is 3.99. The van der Waals surface area contributed by atoms with E-state index in [-0.39, 0.29) is 24.2 Å². The standard InChI is InChI=1S/C13H21FN2O3S/c1-10(2)19-7-6-16-20(17,18)13-8-11(9-15-3)4-5-12(13)14/h4-5,8,10,15-16H,6-7,9H2,1-3H3. The maximum atomic E-state index is 13.7. The van der Waals surface area contributed by atoms with Crippen LogP contribution in [0.2, 0.25) is 0 Å². The zero-order valence-electron chi connectivity index (χ0n) is 11.9. The zero-order chi connectivity index (χ0) is 15.2. The molecule has 7 heteroatoms. The van der Waals surface area contributed by atoms with E-state index in [0.29, 0.717) is 12.1 Å². The molecule has 0 aliphatic carbocycles. The van der Waals surface area contributed by atoms with Crippen molar-refractivity contribution in [3.63, 3.8) is 0 Å². The second-order valence-electron chi connectivity index (χ2n) is 4.61. The fourth-order valence-electron chi connectivity index (χ4n) is 1.62. The molecule has 1 aromatic rings. The Morgan fingerprint density at radius 2 is 2.05 bits per heavy atom. The maximum absolute atomic E-state index is 13.7. The largest absolute Gasteiger partial charge is 0.377 e. The van der Waals surface area contributed by atoms with Gasteiger partial charge in [0.1, 0.15) is 10.7 Å². The number of halogens is 1. The number of nitrogens with one attached hydrogen (secondary N) is 2. The molecule has 0 amide bonds. The van der Waals surface area contributed by atoms with Crippen LogP contribution in [0, 0.1) is 5.82 Å². The average Bonchev–Trinajstić information content (AvgIpc) is 2.37. The van der Waals surface area contributed by atoms with Gasteiger partial charge in [-0.2, -0.15) is 0 Å². The van der Waals surface area contributed by atoms with E-state index >= 15 is 0 Å². The number of hydrogen-bond donors (Lipinski definition) is 2. The van der Waals surface area contributed by atoms with Crippen molar-refractivity contribution in [2.24, 2.45) is 0 Å². The van der Waals surface area contributed by atoms with Crippen molar-refractivity contribution in [2.75, 3.05) is 20.2 Å². The summed E-state index contributed by atoms with van der Waals surface area (Å²) in [6.45, 7) is 4.54. The zero-order valence-corrected chi connectivity index (χ0v) is 12.8. The summed E-state index contributed by atoms with van der Waals surface area (Å²) in [4.78, 5) is -0.338.